The maximum absolute atomic E-state index is 5.85. The number of nitrogen functional groups attached to an aromatic ring is 1. The van der Waals surface area contributed by atoms with Gasteiger partial charge in [0.05, 0.1) is 12.3 Å². The molecule has 2 saturated carbocycles. The Labute approximate surface area is 102 Å². The van der Waals surface area contributed by atoms with Crippen molar-refractivity contribution in [3.8, 4) is 0 Å². The van der Waals surface area contributed by atoms with E-state index in [4.69, 9.17) is 10.5 Å². The molecule has 0 aromatic carbocycles. The average Bonchev–Trinajstić information content (AvgIpc) is 2.90. The molecule has 1 aromatic heterocycles. The monoisotopic (exact) mass is 233 g/mol. The third-order valence-electron chi connectivity index (χ3n) is 4.18. The molecule has 0 aliphatic heterocycles. The Morgan fingerprint density at radius 2 is 2.24 bits per heavy atom. The molecule has 0 radical (unpaired) electrons. The summed E-state index contributed by atoms with van der Waals surface area (Å²) < 4.78 is 5.12. The van der Waals surface area contributed by atoms with Crippen molar-refractivity contribution in [3.63, 3.8) is 0 Å². The highest BCUT2D eigenvalue weighted by Crippen LogP contribution is 2.52. The molecule has 1 aromatic rings. The zero-order valence-corrected chi connectivity index (χ0v) is 10.2. The van der Waals surface area contributed by atoms with Gasteiger partial charge in [0.15, 0.2) is 0 Å². The predicted molar refractivity (Wildman–Crippen MR) is 65.3 cm³/mol. The van der Waals surface area contributed by atoms with Crippen molar-refractivity contribution in [2.24, 2.45) is 11.8 Å². The zero-order chi connectivity index (χ0) is 11.8. The number of aromatic nitrogens is 2. The van der Waals surface area contributed by atoms with Crippen LogP contribution in [0.2, 0.25) is 0 Å². The van der Waals surface area contributed by atoms with Crippen LogP contribution in [0.1, 0.15) is 43.1 Å². The lowest BCUT2D eigenvalue weighted by Crippen LogP contribution is -2.14. The van der Waals surface area contributed by atoms with Gasteiger partial charge in [0, 0.05) is 19.1 Å². The number of nitrogens with zero attached hydrogens (tertiary/aromatic N) is 2. The van der Waals surface area contributed by atoms with Crippen molar-refractivity contribution < 1.29 is 4.74 Å². The van der Waals surface area contributed by atoms with E-state index < -0.39 is 0 Å². The Hall–Kier alpha value is -1.16. The quantitative estimate of drug-likeness (QED) is 0.868. The van der Waals surface area contributed by atoms with Crippen molar-refractivity contribution in [3.05, 3.63) is 17.6 Å². The highest BCUT2D eigenvalue weighted by Gasteiger charge is 2.41. The van der Waals surface area contributed by atoms with Crippen LogP contribution in [0, 0.1) is 11.8 Å². The van der Waals surface area contributed by atoms with Crippen LogP contribution in [0.5, 0.6) is 0 Å². The molecule has 4 nitrogen and oxygen atoms in total. The maximum atomic E-state index is 5.85. The molecular formula is C13H19N3O. The third-order valence-corrected chi connectivity index (χ3v) is 4.18. The lowest BCUT2D eigenvalue weighted by molar-refractivity contribution is 0.181. The van der Waals surface area contributed by atoms with Crippen LogP contribution >= 0.6 is 0 Å². The Morgan fingerprint density at radius 1 is 1.35 bits per heavy atom. The summed E-state index contributed by atoms with van der Waals surface area (Å²) in [7, 11) is 1.68. The first-order valence-electron chi connectivity index (χ1n) is 6.38. The molecule has 17 heavy (non-hydrogen) atoms. The van der Waals surface area contributed by atoms with Gasteiger partial charge in [-0.25, -0.2) is 9.97 Å². The molecule has 2 N–H and O–H groups in total. The summed E-state index contributed by atoms with van der Waals surface area (Å²) in [6.45, 7) is 0.514. The molecule has 0 saturated heterocycles. The number of rotatable bonds is 3. The van der Waals surface area contributed by atoms with Crippen LogP contribution in [-0.4, -0.2) is 17.1 Å². The topological polar surface area (TPSA) is 61.0 Å². The highest BCUT2D eigenvalue weighted by molar-refractivity contribution is 5.31. The lowest BCUT2D eigenvalue weighted by Gasteiger charge is -2.20. The lowest BCUT2D eigenvalue weighted by atomic mass is 9.88. The van der Waals surface area contributed by atoms with E-state index in [9.17, 15) is 0 Å². The van der Waals surface area contributed by atoms with Gasteiger partial charge in [-0.1, -0.05) is 6.42 Å². The van der Waals surface area contributed by atoms with Crippen molar-refractivity contribution in [2.75, 3.05) is 12.8 Å². The van der Waals surface area contributed by atoms with Gasteiger partial charge >= 0.3 is 0 Å². The minimum atomic E-state index is 0.514. The molecule has 4 heteroatoms. The second-order valence-corrected chi connectivity index (χ2v) is 5.36. The normalized spacial score (nSPS) is 31.0. The van der Waals surface area contributed by atoms with Crippen molar-refractivity contribution >= 4 is 5.82 Å². The smallest absolute Gasteiger partial charge is 0.134 e. The first-order chi connectivity index (χ1) is 8.26. The number of anilines is 1. The Bertz CT molecular complexity index is 421. The average molecular weight is 233 g/mol. The molecular weight excluding hydrogens is 214 g/mol. The summed E-state index contributed by atoms with van der Waals surface area (Å²) in [6.07, 6.45) is 5.35. The first kappa shape index (κ1) is 11.0. The minimum absolute atomic E-state index is 0.514. The number of ether oxygens (including phenoxy) is 1. The third kappa shape index (κ3) is 2.02. The van der Waals surface area contributed by atoms with E-state index in [0.717, 1.165) is 23.4 Å². The first-order valence-corrected chi connectivity index (χ1v) is 6.38. The van der Waals surface area contributed by atoms with Gasteiger partial charge in [0.2, 0.25) is 0 Å². The second-order valence-electron chi connectivity index (χ2n) is 5.36. The van der Waals surface area contributed by atoms with Gasteiger partial charge in [-0.2, -0.15) is 0 Å². The second kappa shape index (κ2) is 4.26. The molecule has 0 spiro atoms. The maximum Gasteiger partial charge on any atom is 0.134 e. The van der Waals surface area contributed by atoms with Gasteiger partial charge < -0.3 is 10.5 Å². The zero-order valence-electron chi connectivity index (χ0n) is 10.2. The molecule has 2 aliphatic rings. The molecule has 2 fully saturated rings. The van der Waals surface area contributed by atoms with E-state index in [-0.39, 0.29) is 0 Å². The fourth-order valence-electron chi connectivity index (χ4n) is 3.49. The summed E-state index contributed by atoms with van der Waals surface area (Å²) in [4.78, 5) is 9.04. The summed E-state index contributed by atoms with van der Waals surface area (Å²) in [6, 6.07) is 1.81. The van der Waals surface area contributed by atoms with E-state index in [1.165, 1.54) is 25.7 Å². The molecule has 3 rings (SSSR count). The number of hydrogen-bond donors (Lipinski definition) is 1. The van der Waals surface area contributed by atoms with Gasteiger partial charge in [0.25, 0.3) is 0 Å². The molecule has 3 unspecified atom stereocenters. The largest absolute Gasteiger partial charge is 0.384 e. The molecule has 2 bridgehead atoms. The van der Waals surface area contributed by atoms with Crippen LogP contribution in [-0.2, 0) is 11.3 Å². The standard InChI is InChI=1S/C13H19N3O/c1-17-7-10-6-12(14)16-13(15-10)11-5-8-2-3-9(11)4-8/h6,8-9,11H,2-5,7H2,1H3,(H2,14,15,16). The Morgan fingerprint density at radius 3 is 2.88 bits per heavy atom. The van der Waals surface area contributed by atoms with Gasteiger partial charge in [-0.05, 0) is 31.1 Å². The van der Waals surface area contributed by atoms with E-state index in [0.29, 0.717) is 18.3 Å². The van der Waals surface area contributed by atoms with Crippen molar-refractivity contribution in [1.82, 2.24) is 9.97 Å². The molecule has 92 valence electrons. The SMILES string of the molecule is COCc1cc(N)nc(C2CC3CCC2C3)n1. The Kier molecular flexibility index (Phi) is 2.74. The Balaban J connectivity index is 1.87. The minimum Gasteiger partial charge on any atom is -0.384 e. The number of nitrogens with two attached hydrogens (primary N) is 1. The van der Waals surface area contributed by atoms with E-state index in [1.54, 1.807) is 13.2 Å². The summed E-state index contributed by atoms with van der Waals surface area (Å²) in [5.41, 5.74) is 6.75. The van der Waals surface area contributed by atoms with E-state index in [2.05, 4.69) is 9.97 Å². The summed E-state index contributed by atoms with van der Waals surface area (Å²) in [5.74, 6) is 3.75. The van der Waals surface area contributed by atoms with E-state index in [1.807, 2.05) is 0 Å². The fourth-order valence-corrected chi connectivity index (χ4v) is 3.49. The molecule has 3 atom stereocenters. The number of hydrogen-bond acceptors (Lipinski definition) is 4. The number of fused-ring (bicyclic) bond motifs is 2. The highest BCUT2D eigenvalue weighted by atomic mass is 16.5. The van der Waals surface area contributed by atoms with Crippen LogP contribution < -0.4 is 5.73 Å². The van der Waals surface area contributed by atoms with Crippen LogP contribution in [0.15, 0.2) is 6.07 Å². The van der Waals surface area contributed by atoms with Gasteiger partial charge in [-0.3, -0.25) is 0 Å². The van der Waals surface area contributed by atoms with Crippen molar-refractivity contribution in [1.29, 1.82) is 0 Å². The summed E-state index contributed by atoms with van der Waals surface area (Å²) in [5, 5.41) is 0. The van der Waals surface area contributed by atoms with Gasteiger partial charge in [-0.15, -0.1) is 0 Å². The van der Waals surface area contributed by atoms with Crippen molar-refractivity contribution in [2.45, 2.75) is 38.2 Å². The molecule has 2 aliphatic carbocycles. The number of methoxy groups -OCH3 is 1. The summed E-state index contributed by atoms with van der Waals surface area (Å²) >= 11 is 0. The molecule has 1 heterocycles. The van der Waals surface area contributed by atoms with Crippen LogP contribution in [0.25, 0.3) is 0 Å². The van der Waals surface area contributed by atoms with Crippen LogP contribution in [0.4, 0.5) is 5.82 Å². The fraction of sp³-hybridized carbons (Fsp3) is 0.692. The van der Waals surface area contributed by atoms with Crippen LogP contribution in [0.3, 0.4) is 0 Å². The van der Waals surface area contributed by atoms with E-state index >= 15 is 0 Å². The predicted octanol–water partition coefficient (Wildman–Crippen LogP) is 2.11. The molecule has 0 amide bonds. The van der Waals surface area contributed by atoms with Gasteiger partial charge in [0.1, 0.15) is 11.6 Å².